The smallest absolute Gasteiger partial charge is 0.462 e. The Morgan fingerprint density at radius 3 is 1.55 bits per heavy atom. The topological polar surface area (TPSA) is 119 Å². The fourth-order valence-corrected chi connectivity index (χ4v) is 5.17. The second kappa shape index (κ2) is 31.5. The fourth-order valence-electron chi connectivity index (χ4n) is 4.81. The SMILES string of the molecule is CCCCC/C=C\C/C=C\CCCCCCCC(=O)OC[C@H](COP(=O)(O)O)OC(=O)CCCCCCCCCCCCC. The zero-order valence-electron chi connectivity index (χ0n) is 28.1. The highest BCUT2D eigenvalue weighted by molar-refractivity contribution is 7.46. The molecule has 0 aliphatic rings. The number of carbonyl (C=O) groups excluding carboxylic acids is 2. The molecule has 2 N–H and O–H groups in total. The molecule has 0 heterocycles. The van der Waals surface area contributed by atoms with Gasteiger partial charge in [0.1, 0.15) is 6.61 Å². The minimum atomic E-state index is -4.74. The van der Waals surface area contributed by atoms with Crippen molar-refractivity contribution in [2.75, 3.05) is 13.2 Å². The predicted molar refractivity (Wildman–Crippen MR) is 179 cm³/mol. The van der Waals surface area contributed by atoms with E-state index in [4.69, 9.17) is 19.3 Å². The van der Waals surface area contributed by atoms with Crippen molar-refractivity contribution in [1.82, 2.24) is 0 Å². The molecule has 0 unspecified atom stereocenters. The number of ether oxygens (including phenoxy) is 2. The molecular weight excluding hydrogens is 579 g/mol. The summed E-state index contributed by atoms with van der Waals surface area (Å²) >= 11 is 0. The summed E-state index contributed by atoms with van der Waals surface area (Å²) in [6.07, 6.45) is 33.3. The Hall–Kier alpha value is -1.47. The molecule has 44 heavy (non-hydrogen) atoms. The largest absolute Gasteiger partial charge is 0.469 e. The third kappa shape index (κ3) is 33.4. The summed E-state index contributed by atoms with van der Waals surface area (Å²) in [5.74, 6) is -0.900. The van der Waals surface area contributed by atoms with Gasteiger partial charge in [0, 0.05) is 12.8 Å². The van der Waals surface area contributed by atoms with E-state index in [-0.39, 0.29) is 19.4 Å². The minimum Gasteiger partial charge on any atom is -0.462 e. The molecule has 9 heteroatoms. The molecular formula is C35H65O8P. The maximum absolute atomic E-state index is 12.3. The second-order valence-corrected chi connectivity index (χ2v) is 13.1. The van der Waals surface area contributed by atoms with Crippen molar-refractivity contribution in [3.8, 4) is 0 Å². The summed E-state index contributed by atoms with van der Waals surface area (Å²) in [7, 11) is -4.74. The second-order valence-electron chi connectivity index (χ2n) is 11.8. The highest BCUT2D eigenvalue weighted by atomic mass is 31.2. The Labute approximate surface area is 269 Å². The lowest BCUT2D eigenvalue weighted by Crippen LogP contribution is -2.29. The van der Waals surface area contributed by atoms with Crippen LogP contribution in [0.15, 0.2) is 24.3 Å². The molecule has 0 aromatic rings. The number of phosphoric ester groups is 1. The number of phosphoric acid groups is 1. The van der Waals surface area contributed by atoms with Crippen molar-refractivity contribution in [2.24, 2.45) is 0 Å². The highest BCUT2D eigenvalue weighted by Gasteiger charge is 2.22. The number of rotatable bonds is 32. The van der Waals surface area contributed by atoms with Gasteiger partial charge in [0.05, 0.1) is 6.61 Å². The molecule has 0 aliphatic carbocycles. The molecule has 0 fully saturated rings. The van der Waals surface area contributed by atoms with Gasteiger partial charge in [0.15, 0.2) is 6.10 Å². The first-order chi connectivity index (χ1) is 21.3. The van der Waals surface area contributed by atoms with E-state index in [2.05, 4.69) is 42.7 Å². The van der Waals surface area contributed by atoms with Crippen LogP contribution in [-0.2, 0) is 28.2 Å². The third-order valence-electron chi connectivity index (χ3n) is 7.47. The Kier molecular flexibility index (Phi) is 30.5. The third-order valence-corrected chi connectivity index (χ3v) is 7.96. The van der Waals surface area contributed by atoms with Crippen LogP contribution in [0.1, 0.15) is 168 Å². The zero-order valence-corrected chi connectivity index (χ0v) is 29.0. The predicted octanol–water partition coefficient (Wildman–Crippen LogP) is 10.1. The van der Waals surface area contributed by atoms with Crippen LogP contribution >= 0.6 is 7.82 Å². The maximum atomic E-state index is 12.3. The normalized spacial score (nSPS) is 12.7. The van der Waals surface area contributed by atoms with Crippen molar-refractivity contribution in [2.45, 2.75) is 174 Å². The van der Waals surface area contributed by atoms with Gasteiger partial charge in [-0.2, -0.15) is 0 Å². The molecule has 0 rings (SSSR count). The summed E-state index contributed by atoms with van der Waals surface area (Å²) in [6.45, 7) is 3.62. The van der Waals surface area contributed by atoms with Gasteiger partial charge >= 0.3 is 19.8 Å². The molecule has 0 spiro atoms. The van der Waals surface area contributed by atoms with Gasteiger partial charge in [-0.15, -0.1) is 0 Å². The van der Waals surface area contributed by atoms with Crippen LogP contribution in [0.3, 0.4) is 0 Å². The molecule has 8 nitrogen and oxygen atoms in total. The zero-order chi connectivity index (χ0) is 32.6. The van der Waals surface area contributed by atoms with Gasteiger partial charge in [0.2, 0.25) is 0 Å². The Morgan fingerprint density at radius 2 is 1.02 bits per heavy atom. The lowest BCUT2D eigenvalue weighted by molar-refractivity contribution is -0.161. The van der Waals surface area contributed by atoms with Crippen molar-refractivity contribution in [3.05, 3.63) is 24.3 Å². The van der Waals surface area contributed by atoms with E-state index >= 15 is 0 Å². The van der Waals surface area contributed by atoms with Crippen molar-refractivity contribution in [3.63, 3.8) is 0 Å². The molecule has 258 valence electrons. The van der Waals surface area contributed by atoms with E-state index in [0.29, 0.717) is 12.8 Å². The minimum absolute atomic E-state index is 0.212. The number of hydrogen-bond acceptors (Lipinski definition) is 6. The Bertz CT molecular complexity index is 777. The number of unbranched alkanes of at least 4 members (excludes halogenated alkanes) is 18. The molecule has 0 aliphatic heterocycles. The molecule has 0 aromatic heterocycles. The van der Waals surface area contributed by atoms with E-state index in [0.717, 1.165) is 57.8 Å². The van der Waals surface area contributed by atoms with Gasteiger partial charge in [-0.25, -0.2) is 4.57 Å². The van der Waals surface area contributed by atoms with Crippen molar-refractivity contribution < 1.29 is 37.9 Å². The number of allylic oxidation sites excluding steroid dienone is 4. The number of hydrogen-bond donors (Lipinski definition) is 2. The summed E-state index contributed by atoms with van der Waals surface area (Å²) < 4.78 is 26.2. The van der Waals surface area contributed by atoms with Crippen LogP contribution < -0.4 is 0 Å². The van der Waals surface area contributed by atoms with E-state index < -0.39 is 32.5 Å². The maximum Gasteiger partial charge on any atom is 0.469 e. The van der Waals surface area contributed by atoms with Crippen LogP contribution in [0.4, 0.5) is 0 Å². The van der Waals surface area contributed by atoms with Crippen LogP contribution in [0.25, 0.3) is 0 Å². The van der Waals surface area contributed by atoms with Gasteiger partial charge in [-0.1, -0.05) is 134 Å². The average Bonchev–Trinajstić information content (AvgIpc) is 2.98. The van der Waals surface area contributed by atoms with E-state index in [1.807, 2.05) is 0 Å². The van der Waals surface area contributed by atoms with E-state index in [1.165, 1.54) is 70.6 Å². The van der Waals surface area contributed by atoms with Gasteiger partial charge < -0.3 is 19.3 Å². The lowest BCUT2D eigenvalue weighted by atomic mass is 10.1. The summed E-state index contributed by atoms with van der Waals surface area (Å²) in [6, 6.07) is 0. The van der Waals surface area contributed by atoms with Crippen LogP contribution in [0.5, 0.6) is 0 Å². The quantitative estimate of drug-likeness (QED) is 0.0321. The lowest BCUT2D eigenvalue weighted by Gasteiger charge is -2.18. The van der Waals surface area contributed by atoms with E-state index in [9.17, 15) is 14.2 Å². The van der Waals surface area contributed by atoms with Crippen LogP contribution in [-0.4, -0.2) is 41.0 Å². The molecule has 0 saturated heterocycles. The summed E-state index contributed by atoms with van der Waals surface area (Å²) in [5, 5.41) is 0. The van der Waals surface area contributed by atoms with Gasteiger partial charge in [-0.05, 0) is 44.9 Å². The van der Waals surface area contributed by atoms with Crippen molar-refractivity contribution >= 4 is 19.8 Å². The highest BCUT2D eigenvalue weighted by Crippen LogP contribution is 2.36. The molecule has 0 amide bonds. The van der Waals surface area contributed by atoms with Crippen molar-refractivity contribution in [1.29, 1.82) is 0 Å². The first-order valence-electron chi connectivity index (χ1n) is 17.6. The fraction of sp³-hybridized carbons (Fsp3) is 0.829. The summed E-state index contributed by atoms with van der Waals surface area (Å²) in [5.41, 5.74) is 0. The van der Waals surface area contributed by atoms with E-state index in [1.54, 1.807) is 0 Å². The molecule has 1 atom stereocenters. The Balaban J connectivity index is 4.01. The monoisotopic (exact) mass is 644 g/mol. The standard InChI is InChI=1S/C35H65O8P/c1-3-5-7-9-11-13-15-16-17-18-20-21-23-25-27-29-34(36)41-31-33(32-42-44(38,39)40)43-35(37)30-28-26-24-22-19-14-12-10-8-6-4-2/h11,13,16-17,33H,3-10,12,14-15,18-32H2,1-2H3,(H2,38,39,40)/b13-11-,17-16-/t33-/m1/s1. The summed E-state index contributed by atoms with van der Waals surface area (Å²) in [4.78, 5) is 42.5. The number of esters is 2. The molecule has 0 radical (unpaired) electrons. The first-order valence-corrected chi connectivity index (χ1v) is 19.2. The Morgan fingerprint density at radius 1 is 0.591 bits per heavy atom. The average molecular weight is 645 g/mol. The van der Waals surface area contributed by atoms with Gasteiger partial charge in [0.25, 0.3) is 0 Å². The van der Waals surface area contributed by atoms with Crippen LogP contribution in [0, 0.1) is 0 Å². The number of carbonyl (C=O) groups is 2. The molecule has 0 bridgehead atoms. The van der Waals surface area contributed by atoms with Crippen LogP contribution in [0.2, 0.25) is 0 Å². The first kappa shape index (κ1) is 42.5. The molecule has 0 saturated carbocycles. The molecule has 0 aromatic carbocycles. The van der Waals surface area contributed by atoms with Gasteiger partial charge in [-0.3, -0.25) is 14.1 Å².